The van der Waals surface area contributed by atoms with Gasteiger partial charge in [0.05, 0.1) is 12.7 Å². The number of rotatable bonds is 1. The molecule has 31 heavy (non-hydrogen) atoms. The normalized spacial score (nSPS) is 22.6. The fraction of sp³-hybridized carbons (Fsp3) is 0.435. The number of hydrogen-bond donors (Lipinski definition) is 2. The van der Waals surface area contributed by atoms with E-state index in [0.717, 1.165) is 31.5 Å². The molecule has 2 aliphatic rings. The zero-order valence-electron chi connectivity index (χ0n) is 17.8. The number of benzene rings is 1. The van der Waals surface area contributed by atoms with Crippen LogP contribution in [0.2, 0.25) is 0 Å². The van der Waals surface area contributed by atoms with Gasteiger partial charge in [0.2, 0.25) is 5.95 Å². The van der Waals surface area contributed by atoms with Crippen LogP contribution in [-0.2, 0) is 11.8 Å². The smallest absolute Gasteiger partial charge is 0.267 e. The summed E-state index contributed by atoms with van der Waals surface area (Å²) < 4.78 is 7.41. The average molecular weight is 419 g/mol. The van der Waals surface area contributed by atoms with Crippen LogP contribution in [-0.4, -0.2) is 51.6 Å². The van der Waals surface area contributed by atoms with E-state index in [9.17, 15) is 4.79 Å². The Hall–Kier alpha value is -3.15. The summed E-state index contributed by atoms with van der Waals surface area (Å²) in [7, 11) is 1.75. The maximum Gasteiger partial charge on any atom is 0.267 e. The van der Waals surface area contributed by atoms with Crippen LogP contribution in [0.1, 0.15) is 31.0 Å². The Morgan fingerprint density at radius 2 is 1.97 bits per heavy atom. The van der Waals surface area contributed by atoms with Crippen LogP contribution >= 0.6 is 0 Å². The molecule has 3 aromatic rings. The van der Waals surface area contributed by atoms with E-state index in [-0.39, 0.29) is 23.1 Å². The molecule has 0 radical (unpaired) electrons. The molecule has 2 fully saturated rings. The lowest BCUT2D eigenvalue weighted by Crippen LogP contribution is -2.51. The summed E-state index contributed by atoms with van der Waals surface area (Å²) >= 11 is 0. The lowest BCUT2D eigenvalue weighted by atomic mass is 9.73. The van der Waals surface area contributed by atoms with Gasteiger partial charge in [0.1, 0.15) is 11.1 Å². The van der Waals surface area contributed by atoms with Crippen LogP contribution in [0.4, 0.5) is 5.95 Å². The third kappa shape index (κ3) is 3.30. The maximum absolute atomic E-state index is 13.2. The second kappa shape index (κ2) is 7.52. The highest BCUT2D eigenvalue weighted by Gasteiger charge is 2.47. The molecule has 2 atom stereocenters. The monoisotopic (exact) mass is 418 g/mol. The van der Waals surface area contributed by atoms with Gasteiger partial charge in [0, 0.05) is 37.2 Å². The van der Waals surface area contributed by atoms with Crippen molar-refractivity contribution >= 4 is 17.0 Å². The van der Waals surface area contributed by atoms with Crippen LogP contribution < -0.4 is 16.2 Å². The second-order valence-corrected chi connectivity index (χ2v) is 8.58. The van der Waals surface area contributed by atoms with Gasteiger partial charge in [-0.1, -0.05) is 24.1 Å². The number of fused-ring (bicyclic) bond motifs is 1. The van der Waals surface area contributed by atoms with Crippen molar-refractivity contribution in [2.45, 2.75) is 31.9 Å². The lowest BCUT2D eigenvalue weighted by Gasteiger charge is -2.41. The van der Waals surface area contributed by atoms with E-state index in [4.69, 9.17) is 15.5 Å². The Bertz CT molecular complexity index is 1230. The zero-order chi connectivity index (χ0) is 21.6. The second-order valence-electron chi connectivity index (χ2n) is 8.58. The fourth-order valence-corrected chi connectivity index (χ4v) is 4.70. The van der Waals surface area contributed by atoms with Gasteiger partial charge in [-0.05, 0) is 37.8 Å². The summed E-state index contributed by atoms with van der Waals surface area (Å²) in [5.74, 6) is 6.72. The van der Waals surface area contributed by atoms with Crippen molar-refractivity contribution in [2.75, 3.05) is 24.6 Å². The highest BCUT2D eigenvalue weighted by molar-refractivity contribution is 5.81. The van der Waals surface area contributed by atoms with Crippen LogP contribution in [0, 0.1) is 17.3 Å². The summed E-state index contributed by atoms with van der Waals surface area (Å²) in [5.41, 5.74) is 8.05. The van der Waals surface area contributed by atoms with Gasteiger partial charge >= 0.3 is 0 Å². The molecular weight excluding hydrogens is 392 g/mol. The number of piperidine rings is 1. The Morgan fingerprint density at radius 1 is 1.23 bits per heavy atom. The summed E-state index contributed by atoms with van der Waals surface area (Å²) in [6.45, 7) is 4.31. The van der Waals surface area contributed by atoms with Crippen molar-refractivity contribution in [3.8, 4) is 11.8 Å². The molecule has 8 nitrogen and oxygen atoms in total. The first kappa shape index (κ1) is 19.8. The number of aromatic nitrogens is 4. The number of nitrogens with two attached hydrogens (primary N) is 1. The Morgan fingerprint density at radius 3 is 2.65 bits per heavy atom. The van der Waals surface area contributed by atoms with Gasteiger partial charge < -0.3 is 15.4 Å². The van der Waals surface area contributed by atoms with Crippen LogP contribution in [0.3, 0.4) is 0 Å². The first-order valence-corrected chi connectivity index (χ1v) is 10.6. The van der Waals surface area contributed by atoms with E-state index in [1.54, 1.807) is 11.6 Å². The van der Waals surface area contributed by atoms with E-state index >= 15 is 0 Å². The Kier molecular flexibility index (Phi) is 4.80. The van der Waals surface area contributed by atoms with Crippen LogP contribution in [0.25, 0.3) is 11.0 Å². The molecule has 2 saturated heterocycles. The molecule has 5 rings (SSSR count). The van der Waals surface area contributed by atoms with E-state index in [2.05, 4.69) is 26.9 Å². The van der Waals surface area contributed by atoms with Gasteiger partial charge in [0.25, 0.3) is 5.56 Å². The molecule has 2 aliphatic heterocycles. The van der Waals surface area contributed by atoms with Crippen molar-refractivity contribution in [3.05, 3.63) is 51.9 Å². The molecular formula is C23H26N6O2. The summed E-state index contributed by atoms with van der Waals surface area (Å²) in [6, 6.07) is 9.68. The summed E-state index contributed by atoms with van der Waals surface area (Å²) in [5, 5.41) is 7.56. The van der Waals surface area contributed by atoms with E-state index in [1.807, 2.05) is 37.3 Å². The third-order valence-corrected chi connectivity index (χ3v) is 6.77. The molecule has 8 heteroatoms. The SMILES string of the molecule is C[C@@H]1OCC2(CCN(c3nc4n[nH]c(C#Cc5ccccc5)c4c(=O)n3C)CC2)[C@@H]1N. The predicted molar refractivity (Wildman–Crippen MR) is 119 cm³/mol. The van der Waals surface area contributed by atoms with Crippen molar-refractivity contribution in [2.24, 2.45) is 18.2 Å². The van der Waals surface area contributed by atoms with Crippen molar-refractivity contribution in [1.82, 2.24) is 19.7 Å². The molecule has 1 spiro atoms. The van der Waals surface area contributed by atoms with Gasteiger partial charge in [-0.3, -0.25) is 14.5 Å². The quantitative estimate of drug-likeness (QED) is 0.579. The number of H-pyrrole nitrogens is 1. The van der Waals surface area contributed by atoms with E-state index < -0.39 is 0 Å². The lowest BCUT2D eigenvalue weighted by molar-refractivity contribution is 0.0973. The minimum absolute atomic E-state index is 0.0193. The predicted octanol–water partition coefficient (Wildman–Crippen LogP) is 1.39. The molecule has 0 aliphatic carbocycles. The molecule has 4 heterocycles. The molecule has 0 amide bonds. The number of anilines is 1. The largest absolute Gasteiger partial charge is 0.376 e. The minimum atomic E-state index is -0.152. The first-order chi connectivity index (χ1) is 15.0. The van der Waals surface area contributed by atoms with Crippen molar-refractivity contribution < 1.29 is 4.74 Å². The highest BCUT2D eigenvalue weighted by atomic mass is 16.5. The molecule has 0 unspecified atom stereocenters. The molecule has 0 bridgehead atoms. The number of aromatic amines is 1. The molecule has 2 aromatic heterocycles. The van der Waals surface area contributed by atoms with Gasteiger partial charge in [-0.2, -0.15) is 10.1 Å². The Balaban J connectivity index is 1.44. The highest BCUT2D eigenvalue weighted by Crippen LogP contribution is 2.41. The van der Waals surface area contributed by atoms with Crippen molar-refractivity contribution in [3.63, 3.8) is 0 Å². The van der Waals surface area contributed by atoms with Crippen LogP contribution in [0.15, 0.2) is 35.1 Å². The maximum atomic E-state index is 13.2. The number of nitrogens with one attached hydrogen (secondary N) is 1. The van der Waals surface area contributed by atoms with Crippen LogP contribution in [0.5, 0.6) is 0 Å². The molecule has 1 aromatic carbocycles. The summed E-state index contributed by atoms with van der Waals surface area (Å²) in [6.07, 6.45) is 1.92. The molecule has 0 saturated carbocycles. The minimum Gasteiger partial charge on any atom is -0.376 e. The van der Waals surface area contributed by atoms with Gasteiger partial charge in [0.15, 0.2) is 5.65 Å². The average Bonchev–Trinajstić information content (AvgIpc) is 3.33. The Labute approximate surface area is 180 Å². The van der Waals surface area contributed by atoms with Gasteiger partial charge in [-0.25, -0.2) is 0 Å². The number of nitrogens with zero attached hydrogens (tertiary/aromatic N) is 4. The fourth-order valence-electron chi connectivity index (χ4n) is 4.70. The molecule has 160 valence electrons. The number of ether oxygens (including phenoxy) is 1. The topological polar surface area (TPSA) is 102 Å². The molecule has 3 N–H and O–H groups in total. The summed E-state index contributed by atoms with van der Waals surface area (Å²) in [4.78, 5) is 20.0. The van der Waals surface area contributed by atoms with E-state index in [0.29, 0.717) is 29.3 Å². The van der Waals surface area contributed by atoms with Gasteiger partial charge in [-0.15, -0.1) is 0 Å². The van der Waals surface area contributed by atoms with Crippen molar-refractivity contribution in [1.29, 1.82) is 0 Å². The third-order valence-electron chi connectivity index (χ3n) is 6.77. The number of hydrogen-bond acceptors (Lipinski definition) is 6. The van der Waals surface area contributed by atoms with E-state index in [1.165, 1.54) is 0 Å². The first-order valence-electron chi connectivity index (χ1n) is 10.6. The zero-order valence-corrected chi connectivity index (χ0v) is 17.8. The standard InChI is InChI=1S/C23H26N6O2/c1-15-19(24)23(14-31-15)10-12-29(13-11-23)22-25-20-18(21(30)28(22)2)17(26-27-20)9-8-16-6-4-3-5-7-16/h3-7,15,19H,10-14,24H2,1-2H3,(H,26,27)/t15-,19+/m0/s1.